The molecule has 2 amide bonds. The van der Waals surface area contributed by atoms with Gasteiger partial charge in [0.15, 0.2) is 5.82 Å². The minimum absolute atomic E-state index is 0.187. The van der Waals surface area contributed by atoms with E-state index in [1.807, 2.05) is 61.8 Å². The molecule has 5 rings (SSSR count). The summed E-state index contributed by atoms with van der Waals surface area (Å²) in [5.41, 5.74) is 2.73. The Morgan fingerprint density at radius 1 is 1.05 bits per heavy atom. The van der Waals surface area contributed by atoms with Crippen LogP contribution in [0.2, 0.25) is 0 Å². The zero-order valence-corrected chi connectivity index (χ0v) is 22.7. The summed E-state index contributed by atoms with van der Waals surface area (Å²) >= 11 is 0. The number of nitrogens with zero attached hydrogens (tertiary/aromatic N) is 4. The maximum atomic E-state index is 12.3. The van der Waals surface area contributed by atoms with Crippen LogP contribution in [-0.2, 0) is 5.41 Å². The molecular formula is C30H34N6O3. The number of pyridine rings is 1. The van der Waals surface area contributed by atoms with Gasteiger partial charge >= 0.3 is 6.03 Å². The lowest BCUT2D eigenvalue weighted by Gasteiger charge is -2.26. The Morgan fingerprint density at radius 2 is 1.85 bits per heavy atom. The largest absolute Gasteiger partial charge is 0.492 e. The summed E-state index contributed by atoms with van der Waals surface area (Å²) in [6.45, 7) is 10.0. The average molecular weight is 527 g/mol. The van der Waals surface area contributed by atoms with Gasteiger partial charge in [0, 0.05) is 47.7 Å². The van der Waals surface area contributed by atoms with Crippen LogP contribution >= 0.6 is 0 Å². The van der Waals surface area contributed by atoms with Crippen molar-refractivity contribution in [2.75, 3.05) is 36.9 Å². The number of carbonyl (C=O) groups excluding carboxylic acids is 1. The zero-order valence-electron chi connectivity index (χ0n) is 22.7. The number of fused-ring (bicyclic) bond motifs is 1. The number of hydrogen-bond donors (Lipinski definition) is 2. The van der Waals surface area contributed by atoms with Gasteiger partial charge in [0.1, 0.15) is 29.5 Å². The van der Waals surface area contributed by atoms with E-state index in [4.69, 9.17) is 9.26 Å². The van der Waals surface area contributed by atoms with Gasteiger partial charge in [-0.2, -0.15) is 0 Å². The molecule has 1 aliphatic heterocycles. The molecule has 0 spiro atoms. The van der Waals surface area contributed by atoms with E-state index in [9.17, 15) is 4.79 Å². The monoisotopic (exact) mass is 526 g/mol. The molecular weight excluding hydrogens is 492 g/mol. The van der Waals surface area contributed by atoms with Gasteiger partial charge < -0.3 is 19.0 Å². The van der Waals surface area contributed by atoms with Crippen LogP contribution < -0.4 is 15.4 Å². The Morgan fingerprint density at radius 3 is 2.59 bits per heavy atom. The van der Waals surface area contributed by atoms with Gasteiger partial charge in [0.2, 0.25) is 0 Å². The third-order valence-electron chi connectivity index (χ3n) is 6.53. The maximum absolute atomic E-state index is 12.3. The molecule has 0 aliphatic carbocycles. The fourth-order valence-electron chi connectivity index (χ4n) is 4.33. The summed E-state index contributed by atoms with van der Waals surface area (Å²) < 4.78 is 13.2. The summed E-state index contributed by atoms with van der Waals surface area (Å²) in [4.78, 5) is 19.4. The molecule has 9 nitrogen and oxygen atoms in total. The third-order valence-corrected chi connectivity index (χ3v) is 6.53. The summed E-state index contributed by atoms with van der Waals surface area (Å²) in [6.07, 6.45) is 7.74. The van der Waals surface area contributed by atoms with Crippen molar-refractivity contribution in [1.29, 1.82) is 0 Å². The minimum atomic E-state index is -0.401. The number of piperidine rings is 1. The smallest absolute Gasteiger partial charge is 0.324 e. The Kier molecular flexibility index (Phi) is 7.84. The van der Waals surface area contributed by atoms with E-state index < -0.39 is 6.03 Å². The number of benzene rings is 1. The number of carbonyl (C=O) groups is 1. The van der Waals surface area contributed by atoms with Crippen molar-refractivity contribution in [3.63, 3.8) is 0 Å². The van der Waals surface area contributed by atoms with E-state index >= 15 is 0 Å². The van der Waals surface area contributed by atoms with E-state index in [0.29, 0.717) is 29.6 Å². The highest BCUT2D eigenvalue weighted by Gasteiger charge is 2.20. The van der Waals surface area contributed by atoms with E-state index in [2.05, 4.69) is 37.5 Å². The lowest BCUT2D eigenvalue weighted by molar-refractivity contribution is 0.183. The SMILES string of the molecule is CC(C)(C)c1cc(NC(=O)Nc2ccc(C#Cc3cn4ccc(OCCN5CCCCC5)cc4n3)cc2)no1. The van der Waals surface area contributed by atoms with E-state index in [-0.39, 0.29) is 5.41 Å². The van der Waals surface area contributed by atoms with E-state index in [1.54, 1.807) is 18.2 Å². The number of aromatic nitrogens is 3. The molecule has 0 unspecified atom stereocenters. The molecule has 0 saturated carbocycles. The molecule has 1 aromatic carbocycles. The van der Waals surface area contributed by atoms with Crippen molar-refractivity contribution < 1.29 is 14.1 Å². The molecule has 3 aromatic heterocycles. The summed E-state index contributed by atoms with van der Waals surface area (Å²) in [5, 5.41) is 9.37. The predicted octanol–water partition coefficient (Wildman–Crippen LogP) is 5.53. The number of rotatable bonds is 6. The Bertz CT molecular complexity index is 1480. The molecule has 4 aromatic rings. The lowest BCUT2D eigenvalue weighted by atomic mass is 9.93. The minimum Gasteiger partial charge on any atom is -0.492 e. The molecule has 9 heteroatoms. The van der Waals surface area contributed by atoms with Crippen molar-refractivity contribution in [3.05, 3.63) is 71.9 Å². The van der Waals surface area contributed by atoms with Crippen molar-refractivity contribution in [2.24, 2.45) is 0 Å². The molecule has 1 fully saturated rings. The first kappa shape index (κ1) is 26.3. The molecule has 0 atom stereocenters. The fourth-order valence-corrected chi connectivity index (χ4v) is 4.33. The number of nitrogens with one attached hydrogen (secondary N) is 2. The third kappa shape index (κ3) is 7.18. The number of hydrogen-bond acceptors (Lipinski definition) is 6. The highest BCUT2D eigenvalue weighted by molar-refractivity contribution is 5.99. The van der Waals surface area contributed by atoms with Crippen molar-refractivity contribution in [1.82, 2.24) is 19.4 Å². The zero-order chi connectivity index (χ0) is 27.2. The first-order valence-corrected chi connectivity index (χ1v) is 13.3. The number of urea groups is 1. The van der Waals surface area contributed by atoms with Crippen LogP contribution in [0.25, 0.3) is 5.65 Å². The Hall–Kier alpha value is -4.29. The van der Waals surface area contributed by atoms with Crippen LogP contribution in [0.4, 0.5) is 16.3 Å². The topological polar surface area (TPSA) is 96.9 Å². The predicted molar refractivity (Wildman–Crippen MR) is 151 cm³/mol. The van der Waals surface area contributed by atoms with Gasteiger partial charge in [0.25, 0.3) is 0 Å². The summed E-state index contributed by atoms with van der Waals surface area (Å²) in [7, 11) is 0. The maximum Gasteiger partial charge on any atom is 0.324 e. The van der Waals surface area contributed by atoms with Crippen LogP contribution in [-0.4, -0.2) is 51.7 Å². The normalized spacial score (nSPS) is 14.0. The quantitative estimate of drug-likeness (QED) is 0.321. The van der Waals surface area contributed by atoms with Crippen LogP contribution in [0.15, 0.2) is 59.4 Å². The molecule has 4 heterocycles. The fraction of sp³-hybridized carbons (Fsp3) is 0.367. The molecule has 1 aliphatic rings. The van der Waals surface area contributed by atoms with Crippen molar-refractivity contribution in [3.8, 4) is 17.6 Å². The van der Waals surface area contributed by atoms with E-state index in [1.165, 1.54) is 32.4 Å². The van der Waals surface area contributed by atoms with Crippen LogP contribution in [0.1, 0.15) is 57.1 Å². The number of ether oxygens (including phenoxy) is 1. The second-order valence-electron chi connectivity index (χ2n) is 10.7. The Labute approximate surface area is 228 Å². The molecule has 0 radical (unpaired) electrons. The van der Waals surface area contributed by atoms with Crippen LogP contribution in [0, 0.1) is 11.8 Å². The van der Waals surface area contributed by atoms with Gasteiger partial charge in [-0.1, -0.05) is 38.3 Å². The van der Waals surface area contributed by atoms with Gasteiger partial charge in [-0.3, -0.25) is 10.2 Å². The molecule has 0 bridgehead atoms. The van der Waals surface area contributed by atoms with Gasteiger partial charge in [0.05, 0.1) is 0 Å². The van der Waals surface area contributed by atoms with Gasteiger partial charge in [-0.05, 0) is 62.2 Å². The summed E-state index contributed by atoms with van der Waals surface area (Å²) in [6, 6.07) is 12.5. The van der Waals surface area contributed by atoms with E-state index in [0.717, 1.165) is 23.5 Å². The van der Waals surface area contributed by atoms with Crippen molar-refractivity contribution >= 4 is 23.2 Å². The molecule has 2 N–H and O–H groups in total. The first-order chi connectivity index (χ1) is 18.8. The van der Waals surface area contributed by atoms with Gasteiger partial charge in [-0.25, -0.2) is 9.78 Å². The van der Waals surface area contributed by atoms with Crippen molar-refractivity contribution in [2.45, 2.75) is 45.4 Å². The second kappa shape index (κ2) is 11.6. The standard InChI is InChI=1S/C30H34N6O3/c1-30(2,3)26-20-27(34-39-26)33-29(37)32-23-10-7-22(8-11-23)9-12-24-21-36-16-13-25(19-28(36)31-24)38-18-17-35-14-5-4-6-15-35/h7-8,10-11,13,16,19-21H,4-6,14-15,17-18H2,1-3H3,(H2,32,33,34,37). The van der Waals surface area contributed by atoms with Crippen LogP contribution in [0.5, 0.6) is 5.75 Å². The molecule has 202 valence electrons. The molecule has 1 saturated heterocycles. The second-order valence-corrected chi connectivity index (χ2v) is 10.7. The summed E-state index contributed by atoms with van der Waals surface area (Å²) in [5.74, 6) is 8.12. The number of likely N-dealkylation sites (tertiary alicyclic amines) is 1. The van der Waals surface area contributed by atoms with Crippen LogP contribution in [0.3, 0.4) is 0 Å². The van der Waals surface area contributed by atoms with Gasteiger partial charge in [-0.15, -0.1) is 0 Å². The average Bonchev–Trinajstić information content (AvgIpc) is 3.55. The number of imidazole rings is 1. The number of amides is 2. The highest BCUT2D eigenvalue weighted by Crippen LogP contribution is 2.24. The number of anilines is 2. The first-order valence-electron chi connectivity index (χ1n) is 13.3. The Balaban J connectivity index is 1.14. The highest BCUT2D eigenvalue weighted by atomic mass is 16.5. The molecule has 39 heavy (non-hydrogen) atoms. The lowest BCUT2D eigenvalue weighted by Crippen LogP contribution is -2.33.